The first kappa shape index (κ1) is 21.0. The van der Waals surface area contributed by atoms with Gasteiger partial charge in [-0.05, 0) is 18.9 Å². The van der Waals surface area contributed by atoms with E-state index in [-0.39, 0.29) is 23.5 Å². The smallest absolute Gasteiger partial charge is 0.233 e. The molecule has 2 atom stereocenters. The molecule has 2 amide bonds. The number of aromatic nitrogens is 3. The lowest BCUT2D eigenvalue weighted by Gasteiger charge is -2.18. The SMILES string of the molecule is CC[C@@H](CNC(=O)[C@@H](C)Sc1nnc(CCC(N)=O)n1C)c1ccccc1. The molecule has 0 spiro atoms. The van der Waals surface area contributed by atoms with Gasteiger partial charge in [0, 0.05) is 32.4 Å². The van der Waals surface area contributed by atoms with Gasteiger partial charge in [-0.1, -0.05) is 49.0 Å². The van der Waals surface area contributed by atoms with E-state index in [0.29, 0.717) is 29.9 Å². The number of primary amides is 1. The van der Waals surface area contributed by atoms with Gasteiger partial charge in [-0.15, -0.1) is 10.2 Å². The Labute approximate surface area is 164 Å². The van der Waals surface area contributed by atoms with Crippen LogP contribution < -0.4 is 11.1 Å². The van der Waals surface area contributed by atoms with Crippen LogP contribution in [0.15, 0.2) is 35.5 Å². The fourth-order valence-corrected chi connectivity index (χ4v) is 3.56. The average Bonchev–Trinajstić information content (AvgIpc) is 3.00. The van der Waals surface area contributed by atoms with E-state index in [1.54, 1.807) is 4.57 Å². The molecule has 3 N–H and O–H groups in total. The minimum absolute atomic E-state index is 0.0314. The Bertz CT molecular complexity index is 763. The third-order valence-electron chi connectivity index (χ3n) is 4.46. The zero-order chi connectivity index (χ0) is 19.8. The highest BCUT2D eigenvalue weighted by Gasteiger charge is 2.20. The average molecular weight is 390 g/mol. The molecule has 0 unspecified atom stereocenters. The predicted octanol–water partition coefficient (Wildman–Crippen LogP) is 2.02. The summed E-state index contributed by atoms with van der Waals surface area (Å²) in [6.45, 7) is 4.57. The molecule has 1 aromatic heterocycles. The van der Waals surface area contributed by atoms with E-state index in [9.17, 15) is 9.59 Å². The fourth-order valence-electron chi connectivity index (χ4n) is 2.70. The second kappa shape index (κ2) is 10.1. The second-order valence-electron chi connectivity index (χ2n) is 6.45. The van der Waals surface area contributed by atoms with Gasteiger partial charge in [0.05, 0.1) is 5.25 Å². The summed E-state index contributed by atoms with van der Waals surface area (Å²) in [5, 5.41) is 11.6. The van der Waals surface area contributed by atoms with E-state index in [0.717, 1.165) is 6.42 Å². The van der Waals surface area contributed by atoms with E-state index in [4.69, 9.17) is 5.73 Å². The molecule has 0 bridgehead atoms. The molecule has 27 heavy (non-hydrogen) atoms. The molecular weight excluding hydrogens is 362 g/mol. The van der Waals surface area contributed by atoms with Crippen molar-refractivity contribution in [2.45, 2.75) is 49.4 Å². The van der Waals surface area contributed by atoms with Crippen molar-refractivity contribution in [2.75, 3.05) is 6.54 Å². The first-order chi connectivity index (χ1) is 12.9. The largest absolute Gasteiger partial charge is 0.370 e. The molecule has 0 aliphatic heterocycles. The van der Waals surface area contributed by atoms with Gasteiger partial charge in [0.15, 0.2) is 5.16 Å². The van der Waals surface area contributed by atoms with Gasteiger partial charge in [-0.25, -0.2) is 0 Å². The summed E-state index contributed by atoms with van der Waals surface area (Å²) >= 11 is 1.35. The highest BCUT2D eigenvalue weighted by Crippen LogP contribution is 2.23. The van der Waals surface area contributed by atoms with Gasteiger partial charge in [-0.2, -0.15) is 0 Å². The van der Waals surface area contributed by atoms with Crippen LogP contribution in [0.3, 0.4) is 0 Å². The van der Waals surface area contributed by atoms with Crippen LogP contribution in [0.2, 0.25) is 0 Å². The first-order valence-electron chi connectivity index (χ1n) is 9.08. The van der Waals surface area contributed by atoms with Crippen molar-refractivity contribution in [3.63, 3.8) is 0 Å². The molecule has 0 aliphatic rings. The standard InChI is InChI=1S/C19H27N5O2S/c1-4-14(15-8-6-5-7-9-15)12-21-18(26)13(2)27-19-23-22-17(24(19)3)11-10-16(20)25/h5-9,13-14H,4,10-12H2,1-3H3,(H2,20,25)(H,21,26)/t13-,14+/m1/s1. The molecule has 146 valence electrons. The molecule has 0 saturated carbocycles. The molecule has 2 rings (SSSR count). The molecule has 0 aliphatic carbocycles. The topological polar surface area (TPSA) is 103 Å². The Morgan fingerprint density at radius 2 is 1.96 bits per heavy atom. The van der Waals surface area contributed by atoms with Crippen LogP contribution in [-0.4, -0.2) is 38.4 Å². The number of nitrogens with one attached hydrogen (secondary N) is 1. The Morgan fingerprint density at radius 3 is 2.59 bits per heavy atom. The van der Waals surface area contributed by atoms with Crippen LogP contribution >= 0.6 is 11.8 Å². The van der Waals surface area contributed by atoms with Crippen LogP contribution in [0.1, 0.15) is 44.0 Å². The van der Waals surface area contributed by atoms with Crippen molar-refractivity contribution in [1.82, 2.24) is 20.1 Å². The van der Waals surface area contributed by atoms with Crippen LogP contribution in [-0.2, 0) is 23.1 Å². The molecule has 0 radical (unpaired) electrons. The second-order valence-corrected chi connectivity index (χ2v) is 7.75. The normalized spacial score (nSPS) is 13.1. The number of rotatable bonds is 10. The van der Waals surface area contributed by atoms with Gasteiger partial charge in [0.25, 0.3) is 0 Å². The van der Waals surface area contributed by atoms with E-state index in [2.05, 4.69) is 34.6 Å². The number of hydrogen-bond donors (Lipinski definition) is 2. The highest BCUT2D eigenvalue weighted by atomic mass is 32.2. The van der Waals surface area contributed by atoms with Gasteiger partial charge in [-0.3, -0.25) is 9.59 Å². The maximum atomic E-state index is 12.5. The third kappa shape index (κ3) is 6.09. The quantitative estimate of drug-likeness (QED) is 0.605. The van der Waals surface area contributed by atoms with E-state index >= 15 is 0 Å². The Hall–Kier alpha value is -2.35. The molecule has 2 aromatic rings. The number of aryl methyl sites for hydroxylation is 1. The first-order valence-corrected chi connectivity index (χ1v) is 9.96. The van der Waals surface area contributed by atoms with Gasteiger partial charge in [0.2, 0.25) is 11.8 Å². The monoisotopic (exact) mass is 389 g/mol. The minimum Gasteiger partial charge on any atom is -0.370 e. The molecule has 0 fully saturated rings. The Morgan fingerprint density at radius 1 is 1.26 bits per heavy atom. The number of carbonyl (C=O) groups is 2. The number of thioether (sulfide) groups is 1. The number of carbonyl (C=O) groups excluding carboxylic acids is 2. The minimum atomic E-state index is -0.371. The maximum absolute atomic E-state index is 12.5. The van der Waals surface area contributed by atoms with Crippen molar-refractivity contribution in [3.8, 4) is 0 Å². The van der Waals surface area contributed by atoms with Crippen LogP contribution in [0.25, 0.3) is 0 Å². The number of hydrogen-bond acceptors (Lipinski definition) is 5. The molecule has 1 heterocycles. The summed E-state index contributed by atoms with van der Waals surface area (Å²) in [5.41, 5.74) is 6.40. The van der Waals surface area contributed by atoms with Crippen molar-refractivity contribution in [1.29, 1.82) is 0 Å². The Balaban J connectivity index is 1.89. The van der Waals surface area contributed by atoms with E-state index in [1.807, 2.05) is 32.2 Å². The van der Waals surface area contributed by atoms with Crippen molar-refractivity contribution < 1.29 is 9.59 Å². The zero-order valence-electron chi connectivity index (χ0n) is 16.0. The number of nitrogens with two attached hydrogens (primary N) is 1. The highest BCUT2D eigenvalue weighted by molar-refractivity contribution is 8.00. The molecule has 8 heteroatoms. The van der Waals surface area contributed by atoms with Crippen molar-refractivity contribution in [3.05, 3.63) is 41.7 Å². The summed E-state index contributed by atoms with van der Waals surface area (Å²) in [6, 6.07) is 10.2. The van der Waals surface area contributed by atoms with Crippen LogP contribution in [0.4, 0.5) is 0 Å². The number of benzene rings is 1. The number of amides is 2. The van der Waals surface area contributed by atoms with Crippen molar-refractivity contribution in [2.24, 2.45) is 12.8 Å². The van der Waals surface area contributed by atoms with Crippen LogP contribution in [0.5, 0.6) is 0 Å². The fraction of sp³-hybridized carbons (Fsp3) is 0.474. The van der Waals surface area contributed by atoms with Crippen LogP contribution in [0, 0.1) is 0 Å². The molecule has 0 saturated heterocycles. The molecule has 1 aromatic carbocycles. The van der Waals surface area contributed by atoms with Gasteiger partial charge >= 0.3 is 0 Å². The summed E-state index contributed by atoms with van der Waals surface area (Å²) in [4.78, 5) is 23.4. The molecule has 7 nitrogen and oxygen atoms in total. The van der Waals surface area contributed by atoms with Crippen molar-refractivity contribution >= 4 is 23.6 Å². The van der Waals surface area contributed by atoms with E-state index < -0.39 is 0 Å². The third-order valence-corrected chi connectivity index (χ3v) is 5.59. The zero-order valence-corrected chi connectivity index (χ0v) is 16.8. The summed E-state index contributed by atoms with van der Waals surface area (Å²) in [7, 11) is 1.83. The molecular formula is C19H27N5O2S. The summed E-state index contributed by atoms with van der Waals surface area (Å²) < 4.78 is 1.80. The maximum Gasteiger partial charge on any atom is 0.233 e. The van der Waals surface area contributed by atoms with Gasteiger partial charge < -0.3 is 15.6 Å². The lowest BCUT2D eigenvalue weighted by molar-refractivity contribution is -0.120. The lowest BCUT2D eigenvalue weighted by Crippen LogP contribution is -2.34. The number of nitrogens with zero attached hydrogens (tertiary/aromatic N) is 3. The Kier molecular flexibility index (Phi) is 7.84. The lowest BCUT2D eigenvalue weighted by atomic mass is 9.96. The van der Waals surface area contributed by atoms with E-state index in [1.165, 1.54) is 17.3 Å². The summed E-state index contributed by atoms with van der Waals surface area (Å²) in [6.07, 6.45) is 1.62. The predicted molar refractivity (Wildman–Crippen MR) is 106 cm³/mol. The summed E-state index contributed by atoms with van der Waals surface area (Å²) in [5.74, 6) is 0.571. The van der Waals surface area contributed by atoms with Gasteiger partial charge in [0.1, 0.15) is 5.82 Å².